The molecule has 1 nitrogen and oxygen atoms in total. The van der Waals surface area contributed by atoms with E-state index in [0.29, 0.717) is 11.5 Å². The van der Waals surface area contributed by atoms with E-state index in [2.05, 4.69) is 38.9 Å². The van der Waals surface area contributed by atoms with Gasteiger partial charge < -0.3 is 5.32 Å². The van der Waals surface area contributed by atoms with Gasteiger partial charge in [-0.25, -0.2) is 0 Å². The lowest BCUT2D eigenvalue weighted by atomic mass is 9.68. The van der Waals surface area contributed by atoms with E-state index in [1.165, 1.54) is 25.7 Å². The first kappa shape index (κ1) is 15.6. The standard InChI is InChI=1S/C17H31N/c1-6-8-9-16(18-7-2)14-10-12-15(13-11-14)17(3,4)5/h1,14-16,18H,7-13H2,2-5H3. The molecule has 0 aromatic carbocycles. The van der Waals surface area contributed by atoms with Crippen LogP contribution in [0, 0.1) is 29.6 Å². The maximum atomic E-state index is 5.40. The van der Waals surface area contributed by atoms with Crippen LogP contribution < -0.4 is 5.32 Å². The maximum Gasteiger partial charge on any atom is 0.0104 e. The second-order valence-corrected chi connectivity index (χ2v) is 6.88. The molecular weight excluding hydrogens is 218 g/mol. The largest absolute Gasteiger partial charge is 0.314 e. The summed E-state index contributed by atoms with van der Waals surface area (Å²) in [5.41, 5.74) is 0.484. The Morgan fingerprint density at radius 1 is 1.22 bits per heavy atom. The molecule has 1 heteroatoms. The van der Waals surface area contributed by atoms with E-state index in [-0.39, 0.29) is 0 Å². The molecule has 1 saturated carbocycles. The molecule has 104 valence electrons. The van der Waals surface area contributed by atoms with Gasteiger partial charge in [0.1, 0.15) is 0 Å². The van der Waals surface area contributed by atoms with Gasteiger partial charge in [-0.3, -0.25) is 0 Å². The van der Waals surface area contributed by atoms with Crippen molar-refractivity contribution in [2.75, 3.05) is 6.54 Å². The third-order valence-corrected chi connectivity index (χ3v) is 4.63. The Hall–Kier alpha value is -0.480. The van der Waals surface area contributed by atoms with E-state index in [9.17, 15) is 0 Å². The lowest BCUT2D eigenvalue weighted by molar-refractivity contribution is 0.131. The molecule has 18 heavy (non-hydrogen) atoms. The molecule has 0 bridgehead atoms. The van der Waals surface area contributed by atoms with Crippen molar-refractivity contribution in [1.82, 2.24) is 5.32 Å². The molecule has 0 radical (unpaired) electrons. The van der Waals surface area contributed by atoms with Crippen LogP contribution >= 0.6 is 0 Å². The molecule has 1 aliphatic carbocycles. The van der Waals surface area contributed by atoms with Crippen LogP contribution in [0.5, 0.6) is 0 Å². The molecule has 1 unspecified atom stereocenters. The molecule has 0 aromatic heterocycles. The molecule has 0 heterocycles. The Labute approximate surface area is 114 Å². The zero-order chi connectivity index (χ0) is 13.6. The Balaban J connectivity index is 2.46. The molecule has 1 fully saturated rings. The van der Waals surface area contributed by atoms with Crippen molar-refractivity contribution in [3.63, 3.8) is 0 Å². The third-order valence-electron chi connectivity index (χ3n) is 4.63. The first-order valence-electron chi connectivity index (χ1n) is 7.65. The number of hydrogen-bond donors (Lipinski definition) is 1. The average Bonchev–Trinajstić information content (AvgIpc) is 2.33. The highest BCUT2D eigenvalue weighted by molar-refractivity contribution is 4.90. The molecule has 0 amide bonds. The van der Waals surface area contributed by atoms with Crippen molar-refractivity contribution in [3.8, 4) is 12.3 Å². The predicted molar refractivity (Wildman–Crippen MR) is 80.4 cm³/mol. The van der Waals surface area contributed by atoms with Crippen LogP contribution in [-0.4, -0.2) is 12.6 Å². The molecule has 1 aliphatic rings. The Kier molecular flexibility index (Phi) is 6.22. The Morgan fingerprint density at radius 3 is 2.28 bits per heavy atom. The van der Waals surface area contributed by atoms with Crippen LogP contribution in [-0.2, 0) is 0 Å². The summed E-state index contributed by atoms with van der Waals surface area (Å²) in [4.78, 5) is 0. The van der Waals surface area contributed by atoms with E-state index < -0.39 is 0 Å². The van der Waals surface area contributed by atoms with Crippen molar-refractivity contribution in [2.24, 2.45) is 17.3 Å². The van der Waals surface area contributed by atoms with Crippen molar-refractivity contribution in [3.05, 3.63) is 0 Å². The topological polar surface area (TPSA) is 12.0 Å². The molecule has 0 aliphatic heterocycles. The number of rotatable bonds is 5. The smallest absolute Gasteiger partial charge is 0.0104 e. The summed E-state index contributed by atoms with van der Waals surface area (Å²) in [6.07, 6.45) is 13.0. The number of nitrogens with one attached hydrogen (secondary N) is 1. The van der Waals surface area contributed by atoms with Crippen LogP contribution in [0.3, 0.4) is 0 Å². The van der Waals surface area contributed by atoms with Gasteiger partial charge in [-0.1, -0.05) is 27.7 Å². The molecule has 1 N–H and O–H groups in total. The van der Waals surface area contributed by atoms with Crippen molar-refractivity contribution in [2.45, 2.75) is 72.3 Å². The van der Waals surface area contributed by atoms with E-state index in [1.54, 1.807) is 0 Å². The molecule has 1 atom stereocenters. The highest BCUT2D eigenvalue weighted by Crippen LogP contribution is 2.41. The first-order valence-corrected chi connectivity index (χ1v) is 7.65. The fraction of sp³-hybridized carbons (Fsp3) is 0.882. The second kappa shape index (κ2) is 7.19. The fourth-order valence-corrected chi connectivity index (χ4v) is 3.39. The summed E-state index contributed by atoms with van der Waals surface area (Å²) in [5.74, 6) is 4.54. The summed E-state index contributed by atoms with van der Waals surface area (Å²) in [6, 6.07) is 0.645. The SMILES string of the molecule is C#CCCC(NCC)C1CCC(C(C)(C)C)CC1. The first-order chi connectivity index (χ1) is 8.49. The molecule has 1 rings (SSSR count). The zero-order valence-electron chi connectivity index (χ0n) is 12.8. The number of terminal acetylenes is 1. The predicted octanol–water partition coefficient (Wildman–Crippen LogP) is 4.23. The van der Waals surface area contributed by atoms with E-state index in [0.717, 1.165) is 31.2 Å². The minimum Gasteiger partial charge on any atom is -0.314 e. The highest BCUT2D eigenvalue weighted by atomic mass is 14.9. The molecular formula is C17H31N. The van der Waals surface area contributed by atoms with Gasteiger partial charge in [-0.2, -0.15) is 0 Å². The van der Waals surface area contributed by atoms with Crippen LogP contribution in [0.25, 0.3) is 0 Å². The fourth-order valence-electron chi connectivity index (χ4n) is 3.39. The third kappa shape index (κ3) is 4.65. The summed E-state index contributed by atoms with van der Waals surface area (Å²) in [6.45, 7) is 10.4. The van der Waals surface area contributed by atoms with Crippen molar-refractivity contribution < 1.29 is 0 Å². The second-order valence-electron chi connectivity index (χ2n) is 6.88. The van der Waals surface area contributed by atoms with Gasteiger partial charge in [-0.15, -0.1) is 12.3 Å². The molecule has 0 aromatic rings. The van der Waals surface area contributed by atoms with Crippen LogP contribution in [0.4, 0.5) is 0 Å². The van der Waals surface area contributed by atoms with Crippen LogP contribution in [0.2, 0.25) is 0 Å². The maximum absolute atomic E-state index is 5.40. The highest BCUT2D eigenvalue weighted by Gasteiger charge is 2.32. The van der Waals surface area contributed by atoms with Gasteiger partial charge in [0.25, 0.3) is 0 Å². The summed E-state index contributed by atoms with van der Waals surface area (Å²) < 4.78 is 0. The quantitative estimate of drug-likeness (QED) is 0.719. The summed E-state index contributed by atoms with van der Waals surface area (Å²) >= 11 is 0. The molecule has 0 spiro atoms. The Bertz CT molecular complexity index is 260. The van der Waals surface area contributed by atoms with Crippen LogP contribution in [0.1, 0.15) is 66.2 Å². The van der Waals surface area contributed by atoms with E-state index in [1.807, 2.05) is 0 Å². The summed E-state index contributed by atoms with van der Waals surface area (Å²) in [7, 11) is 0. The molecule has 0 saturated heterocycles. The van der Waals surface area contributed by atoms with E-state index in [4.69, 9.17) is 6.42 Å². The van der Waals surface area contributed by atoms with Gasteiger partial charge in [0.15, 0.2) is 0 Å². The lowest BCUT2D eigenvalue weighted by Gasteiger charge is -2.39. The minimum atomic E-state index is 0.484. The van der Waals surface area contributed by atoms with Gasteiger partial charge in [0.2, 0.25) is 0 Å². The van der Waals surface area contributed by atoms with Gasteiger partial charge >= 0.3 is 0 Å². The van der Waals surface area contributed by atoms with Crippen molar-refractivity contribution in [1.29, 1.82) is 0 Å². The van der Waals surface area contributed by atoms with Gasteiger partial charge in [0, 0.05) is 12.5 Å². The average molecular weight is 249 g/mol. The van der Waals surface area contributed by atoms with Gasteiger partial charge in [0.05, 0.1) is 0 Å². The van der Waals surface area contributed by atoms with Gasteiger partial charge in [-0.05, 0) is 55.9 Å². The number of hydrogen-bond acceptors (Lipinski definition) is 1. The van der Waals surface area contributed by atoms with Crippen molar-refractivity contribution >= 4 is 0 Å². The summed E-state index contributed by atoms with van der Waals surface area (Å²) in [5, 5.41) is 3.65. The monoisotopic (exact) mass is 249 g/mol. The minimum absolute atomic E-state index is 0.484. The lowest BCUT2D eigenvalue weighted by Crippen LogP contribution is -2.39. The van der Waals surface area contributed by atoms with Crippen LogP contribution in [0.15, 0.2) is 0 Å². The Morgan fingerprint density at radius 2 is 1.83 bits per heavy atom. The normalized spacial score (nSPS) is 26.6. The zero-order valence-corrected chi connectivity index (χ0v) is 12.8. The van der Waals surface area contributed by atoms with E-state index >= 15 is 0 Å².